The molecule has 1 fully saturated rings. The van der Waals surface area contributed by atoms with Gasteiger partial charge in [0.05, 0.1) is 10.5 Å². The van der Waals surface area contributed by atoms with E-state index in [4.69, 9.17) is 4.74 Å². The van der Waals surface area contributed by atoms with Gasteiger partial charge in [-0.1, -0.05) is 43.3 Å². The molecule has 0 spiro atoms. The van der Waals surface area contributed by atoms with Gasteiger partial charge in [-0.25, -0.2) is 4.79 Å². The summed E-state index contributed by atoms with van der Waals surface area (Å²) in [6.45, 7) is 1.98. The van der Waals surface area contributed by atoms with Crippen LogP contribution in [0, 0.1) is 16.0 Å². The predicted octanol–water partition coefficient (Wildman–Crippen LogP) is 4.92. The molecule has 0 radical (unpaired) electrons. The summed E-state index contributed by atoms with van der Waals surface area (Å²) in [5.41, 5.74) is -0.573. The van der Waals surface area contributed by atoms with Crippen LogP contribution < -0.4 is 4.74 Å². The quantitative estimate of drug-likeness (QED) is 0.229. The average Bonchev–Trinajstić information content (AvgIpc) is 2.90. The van der Waals surface area contributed by atoms with Gasteiger partial charge in [0.25, 0.3) is 5.69 Å². The Kier molecular flexibility index (Phi) is 6.00. The molecule has 2 aliphatic carbocycles. The highest BCUT2D eigenvalue weighted by molar-refractivity contribution is 6.02. The largest absolute Gasteiger partial charge is 0.423 e. The van der Waals surface area contributed by atoms with Crippen molar-refractivity contribution in [3.05, 3.63) is 105 Å². The normalized spacial score (nSPS) is 24.6. The lowest BCUT2D eigenvalue weighted by atomic mass is 9.52. The fourth-order valence-corrected chi connectivity index (χ4v) is 5.89. The molecule has 1 N–H and O–H groups in total. The number of aliphatic hydroxyl groups is 1. The third-order valence-corrected chi connectivity index (χ3v) is 7.93. The van der Waals surface area contributed by atoms with E-state index in [9.17, 15) is 29.6 Å². The van der Waals surface area contributed by atoms with Crippen LogP contribution in [0.2, 0.25) is 0 Å². The minimum absolute atomic E-state index is 0.0990. The monoisotopic (exact) mass is 499 g/mol. The standard InChI is InChI=1S/C29H25NO7/c1-2-28-17-26(32)29(34,19-6-4-3-5-7-19)16-20(28)14-25(31)23-15-22(12-13-24(23)28)37-27(33)18-8-10-21(11-9-18)30(35)36/h3-13,15,20,34H,2,14,16-17H2,1H3/t20-,28-,29-/m1/s1. The summed E-state index contributed by atoms with van der Waals surface area (Å²) in [5, 5.41) is 22.3. The van der Waals surface area contributed by atoms with Gasteiger partial charge >= 0.3 is 5.97 Å². The number of non-ortho nitro benzene ring substituents is 1. The molecule has 0 amide bonds. The smallest absolute Gasteiger partial charge is 0.343 e. The Morgan fingerprint density at radius 1 is 1.08 bits per heavy atom. The SMILES string of the molecule is CC[C@@]12CC(=O)[C@](O)(c3ccccc3)C[C@H]1CC(=O)c1cc(OC(=O)c3ccc([N+](=O)[O-])cc3)ccc12. The lowest BCUT2D eigenvalue weighted by Gasteiger charge is -2.51. The number of carbonyl (C=O) groups excluding carboxylic acids is 3. The maximum absolute atomic E-state index is 13.4. The van der Waals surface area contributed by atoms with Crippen LogP contribution in [-0.2, 0) is 15.8 Å². The molecule has 0 bridgehead atoms. The molecule has 0 aromatic heterocycles. The maximum Gasteiger partial charge on any atom is 0.343 e. The van der Waals surface area contributed by atoms with Gasteiger partial charge in [-0.15, -0.1) is 0 Å². The van der Waals surface area contributed by atoms with E-state index in [0.717, 1.165) is 5.56 Å². The summed E-state index contributed by atoms with van der Waals surface area (Å²) >= 11 is 0. The van der Waals surface area contributed by atoms with Crippen LogP contribution in [0.25, 0.3) is 0 Å². The number of hydrogen-bond acceptors (Lipinski definition) is 7. The average molecular weight is 500 g/mol. The van der Waals surface area contributed by atoms with Crippen LogP contribution in [0.3, 0.4) is 0 Å². The Labute approximate surface area is 213 Å². The molecule has 5 rings (SSSR count). The summed E-state index contributed by atoms with van der Waals surface area (Å²) in [6.07, 6.45) is 1.03. The minimum atomic E-state index is -1.64. The fraction of sp³-hybridized carbons (Fsp3) is 0.276. The number of ketones is 2. The van der Waals surface area contributed by atoms with Gasteiger partial charge in [0.15, 0.2) is 11.6 Å². The van der Waals surface area contributed by atoms with E-state index in [0.29, 0.717) is 17.5 Å². The number of hydrogen-bond donors (Lipinski definition) is 1. The van der Waals surface area contributed by atoms with Gasteiger partial charge in [-0.05, 0) is 54.2 Å². The Morgan fingerprint density at radius 2 is 1.78 bits per heavy atom. The first-order valence-electron chi connectivity index (χ1n) is 12.1. The Bertz CT molecular complexity index is 1420. The molecule has 188 valence electrons. The summed E-state index contributed by atoms with van der Waals surface area (Å²) in [7, 11) is 0. The number of rotatable bonds is 5. The van der Waals surface area contributed by atoms with Crippen LogP contribution in [-0.4, -0.2) is 27.6 Å². The van der Waals surface area contributed by atoms with E-state index in [2.05, 4.69) is 0 Å². The molecule has 0 aliphatic heterocycles. The van der Waals surface area contributed by atoms with Crippen LogP contribution in [0.15, 0.2) is 72.8 Å². The van der Waals surface area contributed by atoms with Crippen molar-refractivity contribution in [3.63, 3.8) is 0 Å². The molecule has 3 aromatic rings. The van der Waals surface area contributed by atoms with Crippen LogP contribution >= 0.6 is 0 Å². The first-order chi connectivity index (χ1) is 17.7. The highest BCUT2D eigenvalue weighted by Crippen LogP contribution is 2.55. The number of ether oxygens (including phenoxy) is 1. The second-order valence-corrected chi connectivity index (χ2v) is 9.77. The number of esters is 1. The molecule has 2 aliphatic rings. The van der Waals surface area contributed by atoms with Gasteiger partial charge in [-0.2, -0.15) is 0 Å². The minimum Gasteiger partial charge on any atom is -0.423 e. The van der Waals surface area contributed by atoms with Crippen molar-refractivity contribution in [3.8, 4) is 5.75 Å². The second kappa shape index (κ2) is 9.05. The second-order valence-electron chi connectivity index (χ2n) is 9.77. The van der Waals surface area contributed by atoms with E-state index >= 15 is 0 Å². The molecule has 3 atom stereocenters. The molecular weight excluding hydrogens is 474 g/mol. The van der Waals surface area contributed by atoms with Gasteiger partial charge in [0.1, 0.15) is 11.4 Å². The number of carbonyl (C=O) groups is 3. The predicted molar refractivity (Wildman–Crippen MR) is 133 cm³/mol. The molecule has 0 heterocycles. The molecule has 1 saturated carbocycles. The number of nitro benzene ring substituents is 1. The van der Waals surface area contributed by atoms with Crippen molar-refractivity contribution in [2.75, 3.05) is 0 Å². The fourth-order valence-electron chi connectivity index (χ4n) is 5.89. The van der Waals surface area contributed by atoms with Gasteiger partial charge in [0, 0.05) is 36.0 Å². The van der Waals surface area contributed by atoms with Crippen LogP contribution in [0.4, 0.5) is 5.69 Å². The van der Waals surface area contributed by atoms with Gasteiger partial charge < -0.3 is 9.84 Å². The third-order valence-electron chi connectivity index (χ3n) is 7.93. The number of benzene rings is 3. The topological polar surface area (TPSA) is 124 Å². The van der Waals surface area contributed by atoms with Crippen molar-refractivity contribution in [1.82, 2.24) is 0 Å². The zero-order valence-electron chi connectivity index (χ0n) is 20.2. The Hall–Kier alpha value is -4.17. The van der Waals surface area contributed by atoms with Crippen molar-refractivity contribution in [1.29, 1.82) is 0 Å². The third kappa shape index (κ3) is 4.03. The molecule has 0 saturated heterocycles. The number of nitrogens with zero attached hydrogens (tertiary/aromatic N) is 1. The van der Waals surface area contributed by atoms with Crippen LogP contribution in [0.1, 0.15) is 64.4 Å². The molecule has 8 heteroatoms. The van der Waals surface area contributed by atoms with E-state index in [1.54, 1.807) is 36.4 Å². The highest BCUT2D eigenvalue weighted by atomic mass is 16.6. The molecule has 3 aromatic carbocycles. The summed E-state index contributed by atoms with van der Waals surface area (Å²) in [5.74, 6) is -1.17. The lowest BCUT2D eigenvalue weighted by molar-refractivity contribution is -0.384. The van der Waals surface area contributed by atoms with Crippen molar-refractivity contribution in [2.45, 2.75) is 43.6 Å². The van der Waals surface area contributed by atoms with Crippen molar-refractivity contribution in [2.24, 2.45) is 5.92 Å². The Balaban J connectivity index is 1.45. The van der Waals surface area contributed by atoms with E-state index in [1.807, 2.05) is 13.0 Å². The summed E-state index contributed by atoms with van der Waals surface area (Å²) in [4.78, 5) is 49.6. The zero-order valence-corrected chi connectivity index (χ0v) is 20.2. The van der Waals surface area contributed by atoms with Crippen LogP contribution in [0.5, 0.6) is 5.75 Å². The molecule has 8 nitrogen and oxygen atoms in total. The maximum atomic E-state index is 13.4. The number of nitro groups is 1. The van der Waals surface area contributed by atoms with E-state index in [-0.39, 0.29) is 53.7 Å². The number of Topliss-reactive ketones (excluding diaryl/α,β-unsaturated/α-hetero) is 2. The van der Waals surface area contributed by atoms with Crippen molar-refractivity contribution >= 4 is 23.2 Å². The molecule has 0 unspecified atom stereocenters. The summed E-state index contributed by atoms with van der Waals surface area (Å²) in [6, 6.07) is 18.8. The summed E-state index contributed by atoms with van der Waals surface area (Å²) < 4.78 is 5.46. The Morgan fingerprint density at radius 3 is 2.43 bits per heavy atom. The first-order valence-corrected chi connectivity index (χ1v) is 12.1. The zero-order chi connectivity index (χ0) is 26.4. The lowest BCUT2D eigenvalue weighted by Crippen LogP contribution is -2.54. The number of fused-ring (bicyclic) bond motifs is 3. The van der Waals surface area contributed by atoms with Gasteiger partial charge in [-0.3, -0.25) is 19.7 Å². The first kappa shape index (κ1) is 24.5. The van der Waals surface area contributed by atoms with E-state index in [1.165, 1.54) is 30.3 Å². The molecular formula is C29H25NO7. The van der Waals surface area contributed by atoms with Gasteiger partial charge in [0.2, 0.25) is 0 Å². The van der Waals surface area contributed by atoms with Crippen molar-refractivity contribution < 1.29 is 29.2 Å². The van der Waals surface area contributed by atoms with E-state index < -0.39 is 21.9 Å². The molecule has 37 heavy (non-hydrogen) atoms. The highest BCUT2D eigenvalue weighted by Gasteiger charge is 2.57.